The minimum atomic E-state index is -0.409. The highest BCUT2D eigenvalue weighted by atomic mass is 16.5. The van der Waals surface area contributed by atoms with Crippen molar-refractivity contribution in [1.82, 2.24) is 0 Å². The Morgan fingerprint density at radius 1 is 0.974 bits per heavy atom. The molecule has 2 aliphatic carbocycles. The lowest BCUT2D eigenvalue weighted by molar-refractivity contribution is -0.134. The first kappa shape index (κ1) is 27.9. The summed E-state index contributed by atoms with van der Waals surface area (Å²) in [6.45, 7) is 2.78. The normalized spacial score (nSPS) is 23.7. The predicted octanol–water partition coefficient (Wildman–Crippen LogP) is 6.05. The van der Waals surface area contributed by atoms with E-state index in [1.165, 1.54) is 24.3 Å². The zero-order valence-electron chi connectivity index (χ0n) is 22.9. The van der Waals surface area contributed by atoms with Crippen LogP contribution in [0.2, 0.25) is 0 Å². The molecule has 1 amide bonds. The van der Waals surface area contributed by atoms with Crippen LogP contribution in [-0.2, 0) is 14.3 Å². The molecular formula is C32H41NO5. The number of methoxy groups -OCH3 is 2. The second-order valence-corrected chi connectivity index (χ2v) is 10.9. The lowest BCUT2D eigenvalue weighted by Crippen LogP contribution is -2.41. The molecule has 1 N–H and O–H groups in total. The smallest absolute Gasteiger partial charge is 0.330 e. The maximum absolute atomic E-state index is 13.8. The second-order valence-electron chi connectivity index (χ2n) is 10.9. The van der Waals surface area contributed by atoms with Crippen molar-refractivity contribution in [3.63, 3.8) is 0 Å². The summed E-state index contributed by atoms with van der Waals surface area (Å²) < 4.78 is 10.1. The van der Waals surface area contributed by atoms with Crippen molar-refractivity contribution in [1.29, 1.82) is 0 Å². The third kappa shape index (κ3) is 7.04. The summed E-state index contributed by atoms with van der Waals surface area (Å²) in [7, 11) is 3.07. The molecule has 2 aliphatic rings. The van der Waals surface area contributed by atoms with Crippen molar-refractivity contribution < 1.29 is 24.2 Å². The van der Waals surface area contributed by atoms with Gasteiger partial charge in [0, 0.05) is 24.2 Å². The SMILES string of the molecule is COC(=O)/C=C/c1cccc(N(CC2CCC(c3ccc(OC)c(C)c3)CC2)C(=O)C2CCC(O)CC2)c1. The monoisotopic (exact) mass is 519 g/mol. The van der Waals surface area contributed by atoms with Crippen LogP contribution in [0.3, 0.4) is 0 Å². The van der Waals surface area contributed by atoms with E-state index in [9.17, 15) is 14.7 Å². The van der Waals surface area contributed by atoms with E-state index < -0.39 is 5.97 Å². The van der Waals surface area contributed by atoms with Crippen LogP contribution in [0.1, 0.15) is 74.0 Å². The van der Waals surface area contributed by atoms with Gasteiger partial charge in [-0.2, -0.15) is 0 Å². The third-order valence-electron chi connectivity index (χ3n) is 8.28. The first-order chi connectivity index (χ1) is 18.4. The van der Waals surface area contributed by atoms with E-state index in [0.717, 1.165) is 55.5 Å². The van der Waals surface area contributed by atoms with E-state index in [2.05, 4.69) is 25.1 Å². The molecule has 0 aliphatic heterocycles. The number of aliphatic hydroxyl groups excluding tert-OH is 1. The Labute approximate surface area is 226 Å². The minimum Gasteiger partial charge on any atom is -0.496 e. The lowest BCUT2D eigenvalue weighted by atomic mass is 9.78. The van der Waals surface area contributed by atoms with Crippen LogP contribution < -0.4 is 9.64 Å². The molecule has 0 unspecified atom stereocenters. The number of benzene rings is 2. The minimum absolute atomic E-state index is 0.0636. The molecule has 0 aromatic heterocycles. The van der Waals surface area contributed by atoms with Gasteiger partial charge in [0.1, 0.15) is 5.75 Å². The average Bonchev–Trinajstić information content (AvgIpc) is 2.95. The van der Waals surface area contributed by atoms with Crippen LogP contribution >= 0.6 is 0 Å². The Morgan fingerprint density at radius 3 is 2.37 bits per heavy atom. The predicted molar refractivity (Wildman–Crippen MR) is 150 cm³/mol. The zero-order chi connectivity index (χ0) is 27.1. The molecule has 2 aromatic carbocycles. The van der Waals surface area contributed by atoms with Gasteiger partial charge in [-0.05, 0) is 111 Å². The molecule has 4 rings (SSSR count). The van der Waals surface area contributed by atoms with Crippen molar-refractivity contribution in [2.75, 3.05) is 25.7 Å². The summed E-state index contributed by atoms with van der Waals surface area (Å²) in [6, 6.07) is 14.3. The Bertz CT molecular complexity index is 1130. The van der Waals surface area contributed by atoms with Crippen LogP contribution in [0.15, 0.2) is 48.5 Å². The average molecular weight is 520 g/mol. The summed E-state index contributed by atoms with van der Waals surface area (Å²) in [4.78, 5) is 27.4. The maximum atomic E-state index is 13.8. The summed E-state index contributed by atoms with van der Waals surface area (Å²) in [5.74, 6) is 1.57. The van der Waals surface area contributed by atoms with Gasteiger partial charge in [-0.25, -0.2) is 4.79 Å². The fourth-order valence-electron chi connectivity index (χ4n) is 5.99. The first-order valence-corrected chi connectivity index (χ1v) is 13.9. The van der Waals surface area contributed by atoms with Gasteiger partial charge in [-0.15, -0.1) is 0 Å². The van der Waals surface area contributed by atoms with Crippen molar-refractivity contribution in [3.8, 4) is 5.75 Å². The van der Waals surface area contributed by atoms with Crippen molar-refractivity contribution >= 4 is 23.6 Å². The van der Waals surface area contributed by atoms with Crippen molar-refractivity contribution in [2.45, 2.75) is 70.3 Å². The maximum Gasteiger partial charge on any atom is 0.330 e. The number of carbonyl (C=O) groups is 2. The molecule has 0 saturated heterocycles. The topological polar surface area (TPSA) is 76.1 Å². The number of esters is 1. The van der Waals surface area contributed by atoms with Gasteiger partial charge >= 0.3 is 5.97 Å². The van der Waals surface area contributed by atoms with E-state index in [-0.39, 0.29) is 17.9 Å². The Morgan fingerprint density at radius 2 is 1.71 bits per heavy atom. The fraction of sp³-hybridized carbons (Fsp3) is 0.500. The van der Waals surface area contributed by atoms with E-state index in [1.54, 1.807) is 13.2 Å². The quantitative estimate of drug-likeness (QED) is 0.340. The molecule has 204 valence electrons. The van der Waals surface area contributed by atoms with Gasteiger partial charge < -0.3 is 19.5 Å². The summed E-state index contributed by atoms with van der Waals surface area (Å²) in [6.07, 6.45) is 9.99. The van der Waals surface area contributed by atoms with E-state index in [4.69, 9.17) is 9.47 Å². The van der Waals surface area contributed by atoms with Gasteiger partial charge in [0.25, 0.3) is 0 Å². The number of hydrogen-bond donors (Lipinski definition) is 1. The summed E-state index contributed by atoms with van der Waals surface area (Å²) in [5.41, 5.74) is 4.26. The van der Waals surface area contributed by atoms with E-state index >= 15 is 0 Å². The number of nitrogens with zero attached hydrogens (tertiary/aromatic N) is 1. The number of anilines is 1. The number of amides is 1. The molecule has 2 saturated carbocycles. The number of aryl methyl sites for hydroxylation is 1. The van der Waals surface area contributed by atoms with Crippen LogP contribution in [0.5, 0.6) is 5.75 Å². The molecule has 2 fully saturated rings. The summed E-state index contributed by atoms with van der Waals surface area (Å²) in [5, 5.41) is 9.97. The fourth-order valence-corrected chi connectivity index (χ4v) is 5.99. The Balaban J connectivity index is 1.48. The molecule has 0 atom stereocenters. The molecule has 0 spiro atoms. The zero-order valence-corrected chi connectivity index (χ0v) is 22.9. The lowest BCUT2D eigenvalue weighted by Gasteiger charge is -2.36. The molecular weight excluding hydrogens is 478 g/mol. The van der Waals surface area contributed by atoms with Crippen LogP contribution in [-0.4, -0.2) is 43.9 Å². The highest BCUT2D eigenvalue weighted by molar-refractivity contribution is 5.95. The standard InChI is InChI=1S/C32H41NO5/c1-22-19-27(14-17-30(22)37-2)25-10-7-24(8-11-25)21-33(32(36)26-12-15-29(34)16-13-26)28-6-4-5-23(20-28)9-18-31(35)38-3/h4-6,9,14,17-20,24-26,29,34H,7-8,10-13,15-16,21H2,1-3H3/b18-9+. The highest BCUT2D eigenvalue weighted by Crippen LogP contribution is 2.38. The Kier molecular flexibility index (Phi) is 9.62. The van der Waals surface area contributed by atoms with Gasteiger partial charge in [-0.1, -0.05) is 24.3 Å². The molecule has 0 heterocycles. The second kappa shape index (κ2) is 13.1. The molecule has 38 heavy (non-hydrogen) atoms. The summed E-state index contributed by atoms with van der Waals surface area (Å²) >= 11 is 0. The number of ether oxygens (including phenoxy) is 2. The number of rotatable bonds is 8. The van der Waals surface area contributed by atoms with Gasteiger partial charge in [0.05, 0.1) is 20.3 Å². The molecule has 0 radical (unpaired) electrons. The molecule has 6 nitrogen and oxygen atoms in total. The highest BCUT2D eigenvalue weighted by Gasteiger charge is 2.32. The molecule has 6 heteroatoms. The van der Waals surface area contributed by atoms with Crippen LogP contribution in [0, 0.1) is 18.8 Å². The Hall–Kier alpha value is -3.12. The van der Waals surface area contributed by atoms with E-state index in [0.29, 0.717) is 31.2 Å². The van der Waals surface area contributed by atoms with Crippen molar-refractivity contribution in [2.24, 2.45) is 11.8 Å². The van der Waals surface area contributed by atoms with Gasteiger partial charge in [0.2, 0.25) is 5.91 Å². The van der Waals surface area contributed by atoms with Crippen LogP contribution in [0.25, 0.3) is 6.08 Å². The largest absolute Gasteiger partial charge is 0.496 e. The third-order valence-corrected chi connectivity index (χ3v) is 8.28. The number of hydrogen-bond acceptors (Lipinski definition) is 5. The van der Waals surface area contributed by atoms with Crippen LogP contribution in [0.4, 0.5) is 5.69 Å². The van der Waals surface area contributed by atoms with E-state index in [1.807, 2.05) is 29.2 Å². The number of aliphatic hydroxyl groups is 1. The number of carbonyl (C=O) groups excluding carboxylic acids is 2. The van der Waals surface area contributed by atoms with Gasteiger partial charge in [0.15, 0.2) is 0 Å². The molecule has 2 aromatic rings. The first-order valence-electron chi connectivity index (χ1n) is 13.9. The van der Waals surface area contributed by atoms with Gasteiger partial charge in [-0.3, -0.25) is 4.79 Å². The molecule has 0 bridgehead atoms. The van der Waals surface area contributed by atoms with Crippen molar-refractivity contribution in [3.05, 3.63) is 65.2 Å².